The average molecular weight is 376 g/mol. The van der Waals surface area contributed by atoms with Crippen LogP contribution in [0.5, 0.6) is 0 Å². The lowest BCUT2D eigenvalue weighted by Crippen LogP contribution is -2.53. The van der Waals surface area contributed by atoms with Crippen molar-refractivity contribution >= 4 is 18.0 Å². The number of benzene rings is 1. The third-order valence-electron chi connectivity index (χ3n) is 3.94. The van der Waals surface area contributed by atoms with Crippen LogP contribution in [0.4, 0.5) is 9.59 Å². The Balaban J connectivity index is 1.66. The van der Waals surface area contributed by atoms with Crippen LogP contribution < -0.4 is 10.6 Å². The van der Waals surface area contributed by atoms with Gasteiger partial charge in [-0.1, -0.05) is 30.3 Å². The minimum absolute atomic E-state index is 0.112. The summed E-state index contributed by atoms with van der Waals surface area (Å²) < 4.78 is 5.35. The molecule has 1 aromatic carbocycles. The molecule has 8 heteroatoms. The lowest BCUT2D eigenvalue weighted by Gasteiger charge is -2.35. The predicted molar refractivity (Wildman–Crippen MR) is 101 cm³/mol. The third kappa shape index (κ3) is 7.65. The molecule has 1 aliphatic rings. The largest absolute Gasteiger partial charge is 0.444 e. The van der Waals surface area contributed by atoms with E-state index in [9.17, 15) is 14.4 Å². The van der Waals surface area contributed by atoms with Crippen molar-refractivity contribution in [3.8, 4) is 0 Å². The number of imide groups is 1. The quantitative estimate of drug-likeness (QED) is 0.832. The van der Waals surface area contributed by atoms with E-state index in [1.807, 2.05) is 56.0 Å². The van der Waals surface area contributed by atoms with Gasteiger partial charge in [0.25, 0.3) is 0 Å². The molecule has 0 saturated carbocycles. The normalized spacial score (nSPS) is 15.1. The summed E-state index contributed by atoms with van der Waals surface area (Å²) in [4.78, 5) is 39.4. The van der Waals surface area contributed by atoms with E-state index in [2.05, 4.69) is 10.6 Å². The van der Waals surface area contributed by atoms with Gasteiger partial charge in [0.1, 0.15) is 5.60 Å². The van der Waals surface area contributed by atoms with Gasteiger partial charge < -0.3 is 15.0 Å². The van der Waals surface area contributed by atoms with E-state index >= 15 is 0 Å². The zero-order valence-electron chi connectivity index (χ0n) is 16.2. The molecule has 8 nitrogen and oxygen atoms in total. The highest BCUT2D eigenvalue weighted by atomic mass is 16.6. The fraction of sp³-hybridized carbons (Fsp3) is 0.526. The second-order valence-electron chi connectivity index (χ2n) is 7.46. The highest BCUT2D eigenvalue weighted by Crippen LogP contribution is 2.11. The van der Waals surface area contributed by atoms with Crippen LogP contribution in [0.3, 0.4) is 0 Å². The van der Waals surface area contributed by atoms with E-state index in [1.165, 1.54) is 0 Å². The first-order valence-corrected chi connectivity index (χ1v) is 9.05. The Kier molecular flexibility index (Phi) is 7.18. The number of nitrogens with zero attached hydrogens (tertiary/aromatic N) is 2. The second-order valence-corrected chi connectivity index (χ2v) is 7.46. The van der Waals surface area contributed by atoms with Gasteiger partial charge in [-0.05, 0) is 26.3 Å². The molecule has 2 N–H and O–H groups in total. The van der Waals surface area contributed by atoms with Gasteiger partial charge in [0, 0.05) is 32.7 Å². The summed E-state index contributed by atoms with van der Waals surface area (Å²) in [5.74, 6) is -0.369. The SMILES string of the molecule is CC(C)(C)OC(=O)N1CCN(CC(=O)NC(=O)NCc2ccccc2)CC1. The maximum Gasteiger partial charge on any atom is 0.410 e. The topological polar surface area (TPSA) is 91.0 Å². The van der Waals surface area contributed by atoms with Crippen molar-refractivity contribution < 1.29 is 19.1 Å². The summed E-state index contributed by atoms with van der Waals surface area (Å²) >= 11 is 0. The van der Waals surface area contributed by atoms with Crippen molar-refractivity contribution in [3.05, 3.63) is 35.9 Å². The van der Waals surface area contributed by atoms with Crippen molar-refractivity contribution in [1.29, 1.82) is 0 Å². The van der Waals surface area contributed by atoms with Crippen LogP contribution in [0.15, 0.2) is 30.3 Å². The number of piperazine rings is 1. The molecule has 1 aromatic rings. The van der Waals surface area contributed by atoms with Crippen LogP contribution in [0.1, 0.15) is 26.3 Å². The lowest BCUT2D eigenvalue weighted by molar-refractivity contribution is -0.121. The first kappa shape index (κ1) is 20.7. The Morgan fingerprint density at radius 2 is 1.67 bits per heavy atom. The van der Waals surface area contributed by atoms with Crippen molar-refractivity contribution in [3.63, 3.8) is 0 Å². The summed E-state index contributed by atoms with van der Waals surface area (Å²) in [6.07, 6.45) is -0.341. The van der Waals surface area contributed by atoms with Crippen LogP contribution in [0, 0.1) is 0 Å². The standard InChI is InChI=1S/C19H28N4O4/c1-19(2,3)27-18(26)23-11-9-22(10-12-23)14-16(24)21-17(25)20-13-15-7-5-4-6-8-15/h4-8H,9-14H2,1-3H3,(H2,20,21,24,25). The molecule has 0 aliphatic carbocycles. The van der Waals surface area contributed by atoms with E-state index in [4.69, 9.17) is 4.74 Å². The van der Waals surface area contributed by atoms with Crippen molar-refractivity contribution in [1.82, 2.24) is 20.4 Å². The molecular formula is C19H28N4O4. The summed E-state index contributed by atoms with van der Waals surface area (Å²) in [7, 11) is 0. The Hall–Kier alpha value is -2.61. The van der Waals surface area contributed by atoms with Crippen LogP contribution in [-0.2, 0) is 16.1 Å². The number of hydrogen-bond donors (Lipinski definition) is 2. The maximum absolute atomic E-state index is 12.0. The van der Waals surface area contributed by atoms with Crippen LogP contribution in [0.2, 0.25) is 0 Å². The van der Waals surface area contributed by atoms with Gasteiger partial charge >= 0.3 is 12.1 Å². The molecule has 1 fully saturated rings. The predicted octanol–water partition coefficient (Wildman–Crippen LogP) is 1.57. The molecular weight excluding hydrogens is 348 g/mol. The highest BCUT2D eigenvalue weighted by molar-refractivity contribution is 5.95. The molecule has 27 heavy (non-hydrogen) atoms. The zero-order valence-corrected chi connectivity index (χ0v) is 16.2. The van der Waals surface area contributed by atoms with Gasteiger partial charge in [-0.2, -0.15) is 0 Å². The van der Waals surface area contributed by atoms with E-state index in [-0.39, 0.29) is 18.5 Å². The first-order chi connectivity index (χ1) is 12.7. The van der Waals surface area contributed by atoms with Crippen LogP contribution in [0.25, 0.3) is 0 Å². The minimum Gasteiger partial charge on any atom is -0.444 e. The van der Waals surface area contributed by atoms with Gasteiger partial charge in [-0.15, -0.1) is 0 Å². The van der Waals surface area contributed by atoms with E-state index in [0.717, 1.165) is 5.56 Å². The zero-order chi connectivity index (χ0) is 19.9. The van der Waals surface area contributed by atoms with E-state index in [1.54, 1.807) is 4.90 Å². The monoisotopic (exact) mass is 376 g/mol. The number of carbonyl (C=O) groups is 3. The highest BCUT2D eigenvalue weighted by Gasteiger charge is 2.26. The van der Waals surface area contributed by atoms with Gasteiger partial charge in [0.2, 0.25) is 5.91 Å². The molecule has 0 unspecified atom stereocenters. The average Bonchev–Trinajstić information content (AvgIpc) is 2.60. The number of carbonyl (C=O) groups excluding carboxylic acids is 3. The molecule has 1 aliphatic heterocycles. The van der Waals surface area contributed by atoms with Gasteiger partial charge in [-0.25, -0.2) is 9.59 Å². The molecule has 4 amide bonds. The summed E-state index contributed by atoms with van der Waals surface area (Å²) in [5, 5.41) is 4.98. The first-order valence-electron chi connectivity index (χ1n) is 9.05. The molecule has 0 aromatic heterocycles. The van der Waals surface area contributed by atoms with Crippen molar-refractivity contribution in [2.75, 3.05) is 32.7 Å². The number of ether oxygens (including phenoxy) is 1. The van der Waals surface area contributed by atoms with E-state index < -0.39 is 11.6 Å². The number of urea groups is 1. The fourth-order valence-corrected chi connectivity index (χ4v) is 2.61. The summed E-state index contributed by atoms with van der Waals surface area (Å²) in [6.45, 7) is 8.04. The smallest absolute Gasteiger partial charge is 0.410 e. The number of hydrogen-bond acceptors (Lipinski definition) is 5. The molecule has 1 saturated heterocycles. The van der Waals surface area contributed by atoms with Gasteiger partial charge in [0.05, 0.1) is 6.54 Å². The molecule has 148 valence electrons. The molecule has 0 radical (unpaired) electrons. The number of nitrogens with one attached hydrogen (secondary N) is 2. The van der Waals surface area contributed by atoms with Crippen molar-refractivity contribution in [2.45, 2.75) is 32.9 Å². The summed E-state index contributed by atoms with van der Waals surface area (Å²) in [5.41, 5.74) is 0.430. The Morgan fingerprint density at radius 3 is 2.26 bits per heavy atom. The Labute approximate surface area is 159 Å². The van der Waals surface area contributed by atoms with Gasteiger partial charge in [0.15, 0.2) is 0 Å². The molecule has 0 spiro atoms. The minimum atomic E-state index is -0.527. The number of amides is 4. The molecule has 1 heterocycles. The number of rotatable bonds is 4. The van der Waals surface area contributed by atoms with Gasteiger partial charge in [-0.3, -0.25) is 15.0 Å². The molecule has 2 rings (SSSR count). The summed E-state index contributed by atoms with van der Waals surface area (Å²) in [6, 6.07) is 8.94. The Bertz CT molecular complexity index is 649. The van der Waals surface area contributed by atoms with Crippen LogP contribution in [-0.4, -0.2) is 66.2 Å². The van der Waals surface area contributed by atoms with Crippen molar-refractivity contribution in [2.24, 2.45) is 0 Å². The van der Waals surface area contributed by atoms with Crippen LogP contribution >= 0.6 is 0 Å². The molecule has 0 bridgehead atoms. The maximum atomic E-state index is 12.0. The Morgan fingerprint density at radius 1 is 1.04 bits per heavy atom. The fourth-order valence-electron chi connectivity index (χ4n) is 2.61. The molecule has 0 atom stereocenters. The third-order valence-corrected chi connectivity index (χ3v) is 3.94. The van der Waals surface area contributed by atoms with E-state index in [0.29, 0.717) is 32.7 Å². The lowest BCUT2D eigenvalue weighted by atomic mass is 10.2. The second kappa shape index (κ2) is 9.36.